The maximum atomic E-state index is 13.6. The summed E-state index contributed by atoms with van der Waals surface area (Å²) in [5.41, 5.74) is 1.84. The van der Waals surface area contributed by atoms with Gasteiger partial charge in [0.1, 0.15) is 12.3 Å². The molecular formula is C23H23N3O3. The fourth-order valence-electron chi connectivity index (χ4n) is 3.47. The Morgan fingerprint density at radius 3 is 2.14 bits per heavy atom. The minimum absolute atomic E-state index is 0.00836. The molecule has 1 N–H and O–H groups in total. The number of aromatic nitrogens is 1. The summed E-state index contributed by atoms with van der Waals surface area (Å²) in [5, 5.41) is 6.50. The molecule has 6 heteroatoms. The van der Waals surface area contributed by atoms with Crippen LogP contribution in [0.25, 0.3) is 0 Å². The molecule has 0 radical (unpaired) electrons. The van der Waals surface area contributed by atoms with Crippen LogP contribution in [0.5, 0.6) is 0 Å². The Morgan fingerprint density at radius 2 is 1.66 bits per heavy atom. The van der Waals surface area contributed by atoms with Gasteiger partial charge in [0.15, 0.2) is 5.82 Å². The van der Waals surface area contributed by atoms with Gasteiger partial charge in [-0.15, -0.1) is 0 Å². The summed E-state index contributed by atoms with van der Waals surface area (Å²) in [6, 6.07) is 21.2. The van der Waals surface area contributed by atoms with Crippen molar-refractivity contribution >= 4 is 17.6 Å². The Hall–Kier alpha value is -3.41. The largest absolute Gasteiger partial charge is 0.360 e. The monoisotopic (exact) mass is 389 g/mol. The fourth-order valence-corrected chi connectivity index (χ4v) is 3.47. The van der Waals surface area contributed by atoms with Gasteiger partial charge in [0.05, 0.1) is 5.92 Å². The van der Waals surface area contributed by atoms with Crippen LogP contribution in [0.1, 0.15) is 35.6 Å². The number of nitrogens with one attached hydrogen (secondary N) is 1. The highest BCUT2D eigenvalue weighted by Crippen LogP contribution is 2.33. The number of hydrogen-bond donors (Lipinski definition) is 1. The smallest absolute Gasteiger partial charge is 0.245 e. The first-order chi connectivity index (χ1) is 14.1. The highest BCUT2D eigenvalue weighted by Gasteiger charge is 2.38. The number of anilines is 1. The van der Waals surface area contributed by atoms with Crippen LogP contribution in [0.3, 0.4) is 0 Å². The Bertz CT molecular complexity index is 941. The predicted molar refractivity (Wildman–Crippen MR) is 109 cm³/mol. The molecule has 3 aromatic rings. The van der Waals surface area contributed by atoms with Crippen molar-refractivity contribution in [3.05, 3.63) is 83.6 Å². The minimum Gasteiger partial charge on any atom is -0.360 e. The number of amides is 2. The third-order valence-electron chi connectivity index (χ3n) is 4.99. The molecule has 1 heterocycles. The molecule has 29 heavy (non-hydrogen) atoms. The van der Waals surface area contributed by atoms with Gasteiger partial charge in [-0.3, -0.25) is 9.59 Å². The highest BCUT2D eigenvalue weighted by molar-refractivity contribution is 5.96. The molecule has 1 aliphatic rings. The van der Waals surface area contributed by atoms with E-state index in [-0.39, 0.29) is 24.4 Å². The van der Waals surface area contributed by atoms with Gasteiger partial charge >= 0.3 is 0 Å². The SMILES string of the molecule is Cc1cc(NC(=O)CN(C(=O)C(c2ccccc2)c2ccccc2)C2CC2)no1. The second-order valence-corrected chi connectivity index (χ2v) is 7.32. The Balaban J connectivity index is 1.58. The summed E-state index contributed by atoms with van der Waals surface area (Å²) in [4.78, 5) is 27.9. The average molecular weight is 389 g/mol. The molecular weight excluding hydrogens is 366 g/mol. The van der Waals surface area contributed by atoms with E-state index in [9.17, 15) is 9.59 Å². The van der Waals surface area contributed by atoms with Crippen molar-refractivity contribution in [2.75, 3.05) is 11.9 Å². The minimum atomic E-state index is -0.444. The van der Waals surface area contributed by atoms with Gasteiger partial charge in [0.25, 0.3) is 0 Å². The summed E-state index contributed by atoms with van der Waals surface area (Å²) >= 11 is 0. The van der Waals surface area contributed by atoms with Gasteiger partial charge in [-0.1, -0.05) is 65.8 Å². The van der Waals surface area contributed by atoms with Crippen molar-refractivity contribution in [1.29, 1.82) is 0 Å². The maximum Gasteiger partial charge on any atom is 0.245 e. The molecule has 0 atom stereocenters. The standard InChI is InChI=1S/C23H23N3O3/c1-16-14-20(25-29-16)24-21(27)15-26(19-12-13-19)23(28)22(17-8-4-2-5-9-17)18-10-6-3-7-11-18/h2-11,14,19,22H,12-13,15H2,1H3,(H,24,25,27). The second-order valence-electron chi connectivity index (χ2n) is 7.32. The van der Waals surface area contributed by atoms with Gasteiger partial charge in [-0.25, -0.2) is 0 Å². The molecule has 1 aliphatic carbocycles. The first kappa shape index (κ1) is 18.9. The molecule has 6 nitrogen and oxygen atoms in total. The first-order valence-corrected chi connectivity index (χ1v) is 9.75. The molecule has 1 aromatic heterocycles. The molecule has 2 amide bonds. The van der Waals surface area contributed by atoms with Gasteiger partial charge in [-0.05, 0) is 30.9 Å². The van der Waals surface area contributed by atoms with Crippen LogP contribution in [0, 0.1) is 6.92 Å². The van der Waals surface area contributed by atoms with Crippen molar-refractivity contribution in [3.63, 3.8) is 0 Å². The number of benzene rings is 2. The highest BCUT2D eigenvalue weighted by atomic mass is 16.5. The Kier molecular flexibility index (Phi) is 5.42. The molecule has 148 valence electrons. The van der Waals surface area contributed by atoms with Crippen LogP contribution in [0.15, 0.2) is 71.3 Å². The van der Waals surface area contributed by atoms with Gasteiger partial charge in [0, 0.05) is 12.1 Å². The lowest BCUT2D eigenvalue weighted by Crippen LogP contribution is -2.42. The van der Waals surface area contributed by atoms with E-state index in [2.05, 4.69) is 10.5 Å². The average Bonchev–Trinajstić information content (AvgIpc) is 3.50. The molecule has 0 bridgehead atoms. The van der Waals surface area contributed by atoms with E-state index in [4.69, 9.17) is 4.52 Å². The van der Waals surface area contributed by atoms with E-state index in [0.717, 1.165) is 24.0 Å². The Labute approximate surface area is 169 Å². The lowest BCUT2D eigenvalue weighted by Gasteiger charge is -2.27. The number of hydrogen-bond acceptors (Lipinski definition) is 4. The first-order valence-electron chi connectivity index (χ1n) is 9.75. The topological polar surface area (TPSA) is 75.4 Å². The van der Waals surface area contributed by atoms with Crippen molar-refractivity contribution in [2.24, 2.45) is 0 Å². The number of carbonyl (C=O) groups is 2. The van der Waals surface area contributed by atoms with Crippen molar-refractivity contribution in [1.82, 2.24) is 10.1 Å². The zero-order valence-electron chi connectivity index (χ0n) is 16.2. The predicted octanol–water partition coefficient (Wildman–Crippen LogP) is 3.74. The summed E-state index contributed by atoms with van der Waals surface area (Å²) in [6.45, 7) is 1.75. The van der Waals surface area contributed by atoms with E-state index in [0.29, 0.717) is 11.6 Å². The van der Waals surface area contributed by atoms with Crippen LogP contribution in [-0.2, 0) is 9.59 Å². The molecule has 0 unspecified atom stereocenters. The van der Waals surface area contributed by atoms with E-state index in [1.165, 1.54) is 0 Å². The van der Waals surface area contributed by atoms with Crippen LogP contribution >= 0.6 is 0 Å². The third kappa shape index (κ3) is 4.54. The quantitative estimate of drug-likeness (QED) is 0.668. The lowest BCUT2D eigenvalue weighted by atomic mass is 9.90. The second kappa shape index (κ2) is 8.31. The zero-order chi connectivity index (χ0) is 20.2. The summed E-state index contributed by atoms with van der Waals surface area (Å²) < 4.78 is 4.99. The van der Waals surface area contributed by atoms with Crippen LogP contribution in [-0.4, -0.2) is 34.5 Å². The van der Waals surface area contributed by atoms with Crippen LogP contribution < -0.4 is 5.32 Å². The van der Waals surface area contributed by atoms with Gasteiger partial charge in [0.2, 0.25) is 11.8 Å². The van der Waals surface area contributed by atoms with E-state index < -0.39 is 5.92 Å². The Morgan fingerprint density at radius 1 is 1.07 bits per heavy atom. The van der Waals surface area contributed by atoms with E-state index in [1.807, 2.05) is 60.7 Å². The van der Waals surface area contributed by atoms with Crippen LogP contribution in [0.4, 0.5) is 5.82 Å². The molecule has 1 fully saturated rings. The zero-order valence-corrected chi connectivity index (χ0v) is 16.2. The fraction of sp³-hybridized carbons (Fsp3) is 0.261. The normalized spacial score (nSPS) is 13.3. The molecule has 4 rings (SSSR count). The summed E-state index contributed by atoms with van der Waals surface area (Å²) in [5.74, 6) is 0.192. The van der Waals surface area contributed by atoms with Gasteiger partial charge < -0.3 is 14.7 Å². The number of nitrogens with zero attached hydrogens (tertiary/aromatic N) is 2. The molecule has 1 saturated carbocycles. The molecule has 2 aromatic carbocycles. The van der Waals surface area contributed by atoms with Crippen molar-refractivity contribution < 1.29 is 14.1 Å². The van der Waals surface area contributed by atoms with E-state index >= 15 is 0 Å². The number of aryl methyl sites for hydroxylation is 1. The molecule has 0 spiro atoms. The van der Waals surface area contributed by atoms with E-state index in [1.54, 1.807) is 17.9 Å². The summed E-state index contributed by atoms with van der Waals surface area (Å²) in [6.07, 6.45) is 1.83. The van der Waals surface area contributed by atoms with Crippen LogP contribution in [0.2, 0.25) is 0 Å². The molecule has 0 aliphatic heterocycles. The number of carbonyl (C=O) groups excluding carboxylic acids is 2. The summed E-state index contributed by atoms with van der Waals surface area (Å²) in [7, 11) is 0. The molecule has 0 saturated heterocycles. The lowest BCUT2D eigenvalue weighted by molar-refractivity contribution is -0.135. The third-order valence-corrected chi connectivity index (χ3v) is 4.99. The maximum absolute atomic E-state index is 13.6. The number of rotatable bonds is 7. The van der Waals surface area contributed by atoms with Crippen molar-refractivity contribution in [3.8, 4) is 0 Å². The van der Waals surface area contributed by atoms with Crippen molar-refractivity contribution in [2.45, 2.75) is 31.7 Å². The van der Waals surface area contributed by atoms with Gasteiger partial charge in [-0.2, -0.15) is 0 Å².